The normalized spacial score (nSPS) is 18.6. The highest BCUT2D eigenvalue weighted by Gasteiger charge is 2.26. The van der Waals surface area contributed by atoms with Crippen molar-refractivity contribution >= 4 is 17.3 Å². The molecule has 1 aromatic carbocycles. The number of nitrogens with zero attached hydrogens (tertiary/aromatic N) is 3. The lowest BCUT2D eigenvalue weighted by atomic mass is 10.1. The van der Waals surface area contributed by atoms with Crippen LogP contribution in [0.1, 0.15) is 23.5 Å². The van der Waals surface area contributed by atoms with E-state index >= 15 is 0 Å². The highest BCUT2D eigenvalue weighted by atomic mass is 32.1. The summed E-state index contributed by atoms with van der Waals surface area (Å²) in [6.07, 6.45) is 1.94. The van der Waals surface area contributed by atoms with E-state index in [0.717, 1.165) is 43.5 Å². The molecule has 0 spiro atoms. The number of aliphatic imine (C=N–C) groups is 1. The van der Waals surface area contributed by atoms with Crippen LogP contribution >= 0.6 is 11.3 Å². The molecule has 1 aliphatic rings. The summed E-state index contributed by atoms with van der Waals surface area (Å²) in [6, 6.07) is 14.5. The van der Waals surface area contributed by atoms with Crippen LogP contribution in [0.3, 0.4) is 0 Å². The maximum Gasteiger partial charge on any atom is 0.226 e. The van der Waals surface area contributed by atoms with Crippen molar-refractivity contribution in [3.05, 3.63) is 64.7 Å². The van der Waals surface area contributed by atoms with Crippen molar-refractivity contribution in [3.8, 4) is 11.5 Å². The Bertz CT molecular complexity index is 958. The number of hydrogen-bond acceptors (Lipinski definition) is 6. The summed E-state index contributed by atoms with van der Waals surface area (Å²) in [5.41, 5.74) is 1.80. The number of benzene rings is 1. The van der Waals surface area contributed by atoms with Crippen LogP contribution in [0, 0.1) is 0 Å². The zero-order chi connectivity index (χ0) is 21.5. The minimum Gasteiger partial charge on any atom is -0.444 e. The van der Waals surface area contributed by atoms with Gasteiger partial charge in [0.1, 0.15) is 6.26 Å². The van der Waals surface area contributed by atoms with Gasteiger partial charge in [0.15, 0.2) is 5.96 Å². The number of nitrogens with one attached hydrogen (secondary N) is 2. The second kappa shape index (κ2) is 10.6. The number of guanidine groups is 1. The van der Waals surface area contributed by atoms with Crippen LogP contribution in [0.15, 0.2) is 63.5 Å². The van der Waals surface area contributed by atoms with Gasteiger partial charge >= 0.3 is 0 Å². The van der Waals surface area contributed by atoms with Crippen LogP contribution in [0.4, 0.5) is 0 Å². The fourth-order valence-electron chi connectivity index (χ4n) is 3.71. The zero-order valence-electron chi connectivity index (χ0n) is 18.0. The molecule has 0 radical (unpaired) electrons. The summed E-state index contributed by atoms with van der Waals surface area (Å²) in [7, 11) is 1.78. The van der Waals surface area contributed by atoms with E-state index in [1.165, 1.54) is 4.88 Å². The average molecular weight is 440 g/mol. The van der Waals surface area contributed by atoms with E-state index in [1.807, 2.05) is 30.3 Å². The molecule has 0 aliphatic carbocycles. The molecular weight excluding hydrogens is 410 g/mol. The van der Waals surface area contributed by atoms with Gasteiger partial charge in [0.2, 0.25) is 5.89 Å². The molecule has 4 rings (SSSR count). The molecule has 0 saturated carbocycles. The maximum atomic E-state index is 5.73. The molecule has 2 unspecified atom stereocenters. The summed E-state index contributed by atoms with van der Waals surface area (Å²) in [5, 5.41) is 8.96. The van der Waals surface area contributed by atoms with Gasteiger partial charge in [0, 0.05) is 37.1 Å². The molecule has 1 aliphatic heterocycles. The molecule has 2 N–H and O–H groups in total. The molecule has 0 bridgehead atoms. The van der Waals surface area contributed by atoms with Gasteiger partial charge in [-0.05, 0) is 30.5 Å². The SMILES string of the molecule is CN=C(NCc1coc(-c2ccccc2)n1)NCC(c1cccs1)N1CCOC(C)C1. The van der Waals surface area contributed by atoms with Crippen molar-refractivity contribution in [2.24, 2.45) is 4.99 Å². The van der Waals surface area contributed by atoms with Gasteiger partial charge in [-0.1, -0.05) is 24.3 Å². The van der Waals surface area contributed by atoms with Gasteiger partial charge in [-0.3, -0.25) is 9.89 Å². The average Bonchev–Trinajstić information content (AvgIpc) is 3.49. The van der Waals surface area contributed by atoms with Crippen molar-refractivity contribution in [2.45, 2.75) is 25.6 Å². The van der Waals surface area contributed by atoms with Crippen molar-refractivity contribution in [1.29, 1.82) is 0 Å². The summed E-state index contributed by atoms with van der Waals surface area (Å²) < 4.78 is 11.4. The molecule has 2 aromatic heterocycles. The Labute approximate surface area is 187 Å². The fourth-order valence-corrected chi connectivity index (χ4v) is 4.57. The second-order valence-electron chi connectivity index (χ2n) is 7.52. The van der Waals surface area contributed by atoms with E-state index in [2.05, 4.69) is 49.9 Å². The van der Waals surface area contributed by atoms with Crippen molar-refractivity contribution < 1.29 is 9.15 Å². The van der Waals surface area contributed by atoms with Crippen LogP contribution in [0.25, 0.3) is 11.5 Å². The first-order valence-electron chi connectivity index (χ1n) is 10.6. The first kappa shape index (κ1) is 21.5. The predicted molar refractivity (Wildman–Crippen MR) is 124 cm³/mol. The number of oxazole rings is 1. The molecular formula is C23H29N5O2S. The number of hydrogen-bond donors (Lipinski definition) is 2. The summed E-state index contributed by atoms with van der Waals surface area (Å²) in [5.74, 6) is 1.37. The summed E-state index contributed by atoms with van der Waals surface area (Å²) >= 11 is 1.79. The Balaban J connectivity index is 1.34. The summed E-state index contributed by atoms with van der Waals surface area (Å²) in [4.78, 5) is 12.8. The van der Waals surface area contributed by atoms with Gasteiger partial charge in [-0.25, -0.2) is 4.98 Å². The molecule has 164 valence electrons. The number of thiophene rings is 1. The first-order chi connectivity index (χ1) is 15.2. The van der Waals surface area contributed by atoms with Crippen LogP contribution in [0.2, 0.25) is 0 Å². The predicted octanol–water partition coefficient (Wildman–Crippen LogP) is 3.53. The topological polar surface area (TPSA) is 74.9 Å². The van der Waals surface area contributed by atoms with E-state index in [1.54, 1.807) is 24.6 Å². The largest absolute Gasteiger partial charge is 0.444 e. The number of ether oxygens (including phenoxy) is 1. The molecule has 1 saturated heterocycles. The number of aromatic nitrogens is 1. The third-order valence-electron chi connectivity index (χ3n) is 5.28. The first-order valence-corrected chi connectivity index (χ1v) is 11.4. The lowest BCUT2D eigenvalue weighted by molar-refractivity contribution is -0.0334. The third-order valence-corrected chi connectivity index (χ3v) is 6.25. The Kier molecular flexibility index (Phi) is 7.35. The lowest BCUT2D eigenvalue weighted by Crippen LogP contribution is -2.47. The van der Waals surface area contributed by atoms with Crippen molar-refractivity contribution in [2.75, 3.05) is 33.3 Å². The van der Waals surface area contributed by atoms with E-state index < -0.39 is 0 Å². The highest BCUT2D eigenvalue weighted by molar-refractivity contribution is 7.10. The number of rotatable bonds is 7. The second-order valence-corrected chi connectivity index (χ2v) is 8.50. The smallest absolute Gasteiger partial charge is 0.226 e. The van der Waals surface area contributed by atoms with Gasteiger partial charge in [-0.15, -0.1) is 11.3 Å². The molecule has 8 heteroatoms. The minimum atomic E-state index is 0.250. The molecule has 1 fully saturated rings. The van der Waals surface area contributed by atoms with Gasteiger partial charge in [-0.2, -0.15) is 0 Å². The van der Waals surface area contributed by atoms with Crippen LogP contribution in [-0.2, 0) is 11.3 Å². The molecule has 3 heterocycles. The van der Waals surface area contributed by atoms with Gasteiger partial charge < -0.3 is 19.8 Å². The van der Waals surface area contributed by atoms with Crippen molar-refractivity contribution in [1.82, 2.24) is 20.5 Å². The molecule has 2 atom stereocenters. The lowest BCUT2D eigenvalue weighted by Gasteiger charge is -2.37. The Morgan fingerprint density at radius 3 is 2.87 bits per heavy atom. The Morgan fingerprint density at radius 1 is 1.26 bits per heavy atom. The van der Waals surface area contributed by atoms with E-state index in [0.29, 0.717) is 12.4 Å². The molecule has 3 aromatic rings. The number of morpholine rings is 1. The quantitative estimate of drug-likeness (QED) is 0.433. The Morgan fingerprint density at radius 2 is 2.13 bits per heavy atom. The monoisotopic (exact) mass is 439 g/mol. The molecule has 7 nitrogen and oxygen atoms in total. The fraction of sp³-hybridized carbons (Fsp3) is 0.391. The maximum absolute atomic E-state index is 5.73. The third kappa shape index (κ3) is 5.72. The standard InChI is InChI=1S/C23H29N5O2S/c1-17-15-28(10-11-29-17)20(21-9-6-12-31-21)14-26-23(24-2)25-13-19-16-30-22(27-19)18-7-4-3-5-8-18/h3-9,12,16-17,20H,10-11,13-15H2,1-2H3,(H2,24,25,26). The zero-order valence-corrected chi connectivity index (χ0v) is 18.8. The highest BCUT2D eigenvalue weighted by Crippen LogP contribution is 2.26. The van der Waals surface area contributed by atoms with Crippen LogP contribution < -0.4 is 10.6 Å². The minimum absolute atomic E-state index is 0.250. The Hall–Kier alpha value is -2.68. The molecule has 0 amide bonds. The van der Waals surface area contributed by atoms with E-state index in [4.69, 9.17) is 9.15 Å². The van der Waals surface area contributed by atoms with Crippen LogP contribution in [-0.4, -0.2) is 55.2 Å². The molecule has 31 heavy (non-hydrogen) atoms. The van der Waals surface area contributed by atoms with Gasteiger partial charge in [0.05, 0.1) is 31.0 Å². The van der Waals surface area contributed by atoms with E-state index in [9.17, 15) is 0 Å². The van der Waals surface area contributed by atoms with Crippen molar-refractivity contribution in [3.63, 3.8) is 0 Å². The summed E-state index contributed by atoms with van der Waals surface area (Å²) in [6.45, 7) is 6.06. The van der Waals surface area contributed by atoms with Crippen LogP contribution in [0.5, 0.6) is 0 Å². The van der Waals surface area contributed by atoms with Gasteiger partial charge in [0.25, 0.3) is 0 Å². The van der Waals surface area contributed by atoms with E-state index in [-0.39, 0.29) is 12.1 Å².